The smallest absolute Gasteiger partial charge is 0.144 e. The molecule has 0 bridgehead atoms. The summed E-state index contributed by atoms with van der Waals surface area (Å²) in [6, 6.07) is 2.65. The van der Waals surface area contributed by atoms with E-state index in [0.29, 0.717) is 11.0 Å². The van der Waals surface area contributed by atoms with Crippen LogP contribution >= 0.6 is 27.5 Å². The van der Waals surface area contributed by atoms with Crippen LogP contribution in [0.25, 0.3) is 0 Å². The van der Waals surface area contributed by atoms with E-state index in [1.54, 1.807) is 0 Å². The van der Waals surface area contributed by atoms with Crippen LogP contribution in [0.15, 0.2) is 16.6 Å². The fourth-order valence-electron chi connectivity index (χ4n) is 1.87. The van der Waals surface area contributed by atoms with Crippen molar-refractivity contribution in [1.82, 2.24) is 4.90 Å². The van der Waals surface area contributed by atoms with Crippen molar-refractivity contribution in [2.45, 2.75) is 18.3 Å². The van der Waals surface area contributed by atoms with Gasteiger partial charge in [0.05, 0.1) is 4.47 Å². The summed E-state index contributed by atoms with van der Waals surface area (Å²) in [6.07, 6.45) is 0.874. The third-order valence-electron chi connectivity index (χ3n) is 2.74. The van der Waals surface area contributed by atoms with Gasteiger partial charge in [-0.1, -0.05) is 0 Å². The molecule has 0 aliphatic carbocycles. The molecule has 0 saturated carbocycles. The highest BCUT2D eigenvalue weighted by Gasteiger charge is 2.23. The number of benzene rings is 1. The van der Waals surface area contributed by atoms with Crippen LogP contribution in [0.1, 0.15) is 12.0 Å². The van der Waals surface area contributed by atoms with Crippen LogP contribution in [0.3, 0.4) is 0 Å². The van der Waals surface area contributed by atoms with E-state index in [2.05, 4.69) is 15.9 Å². The predicted octanol–water partition coefficient (Wildman–Crippen LogP) is 3.54. The Balaban J connectivity index is 2.18. The van der Waals surface area contributed by atoms with Crippen LogP contribution in [-0.4, -0.2) is 23.4 Å². The first kappa shape index (κ1) is 12.3. The molecule has 0 amide bonds. The average Bonchev–Trinajstić information content (AvgIpc) is 2.65. The molecule has 16 heavy (non-hydrogen) atoms. The zero-order chi connectivity index (χ0) is 11.7. The van der Waals surface area contributed by atoms with E-state index < -0.39 is 11.6 Å². The van der Waals surface area contributed by atoms with Crippen LogP contribution in [0, 0.1) is 11.6 Å². The summed E-state index contributed by atoms with van der Waals surface area (Å²) in [6.45, 7) is 1.76. The van der Waals surface area contributed by atoms with Crippen LogP contribution in [0.5, 0.6) is 0 Å². The number of hydrogen-bond donors (Lipinski definition) is 0. The molecule has 1 aromatic carbocycles. The molecular weight excluding hydrogens is 299 g/mol. The topological polar surface area (TPSA) is 3.24 Å². The van der Waals surface area contributed by atoms with Gasteiger partial charge in [-0.25, -0.2) is 8.78 Å². The Morgan fingerprint density at radius 2 is 2.19 bits per heavy atom. The van der Waals surface area contributed by atoms with E-state index in [1.807, 2.05) is 4.90 Å². The van der Waals surface area contributed by atoms with Crippen molar-refractivity contribution in [2.75, 3.05) is 13.1 Å². The minimum absolute atomic E-state index is 0.0956. The molecule has 1 aliphatic rings. The molecule has 1 aromatic rings. The maximum absolute atomic E-state index is 13.7. The Morgan fingerprint density at radius 1 is 1.44 bits per heavy atom. The molecule has 0 N–H and O–H groups in total. The lowest BCUT2D eigenvalue weighted by atomic mass is 10.2. The lowest BCUT2D eigenvalue weighted by Crippen LogP contribution is -2.21. The highest BCUT2D eigenvalue weighted by Crippen LogP contribution is 2.25. The minimum Gasteiger partial charge on any atom is -0.297 e. The van der Waals surface area contributed by atoms with Crippen molar-refractivity contribution in [3.05, 3.63) is 33.8 Å². The number of likely N-dealkylation sites (tertiary alicyclic amines) is 1. The van der Waals surface area contributed by atoms with E-state index in [-0.39, 0.29) is 17.5 Å². The molecule has 1 fully saturated rings. The van der Waals surface area contributed by atoms with Crippen molar-refractivity contribution in [2.24, 2.45) is 0 Å². The number of halogens is 4. The molecule has 1 nitrogen and oxygen atoms in total. The normalized spacial score (nSPS) is 21.6. The second kappa shape index (κ2) is 4.98. The first-order valence-corrected chi connectivity index (χ1v) is 6.29. The van der Waals surface area contributed by atoms with Gasteiger partial charge in [0.25, 0.3) is 0 Å². The third-order valence-corrected chi connectivity index (χ3v) is 3.70. The first-order chi connectivity index (χ1) is 7.58. The molecule has 0 aromatic heterocycles. The minimum atomic E-state index is -0.516. The SMILES string of the molecule is Fc1ccc(Br)c(F)c1CN1CCC(Cl)C1. The van der Waals surface area contributed by atoms with Crippen molar-refractivity contribution in [3.63, 3.8) is 0 Å². The lowest BCUT2D eigenvalue weighted by molar-refractivity contribution is 0.318. The Kier molecular flexibility index (Phi) is 3.82. The summed E-state index contributed by atoms with van der Waals surface area (Å²) in [5, 5.41) is 0.0956. The van der Waals surface area contributed by atoms with Gasteiger partial charge in [0.1, 0.15) is 11.6 Å². The van der Waals surface area contributed by atoms with Crippen molar-refractivity contribution < 1.29 is 8.78 Å². The van der Waals surface area contributed by atoms with E-state index >= 15 is 0 Å². The molecule has 1 aliphatic heterocycles. The van der Waals surface area contributed by atoms with Gasteiger partial charge < -0.3 is 0 Å². The Bertz CT molecular complexity index is 400. The zero-order valence-corrected chi connectivity index (χ0v) is 10.9. The highest BCUT2D eigenvalue weighted by molar-refractivity contribution is 9.10. The molecule has 1 heterocycles. The number of rotatable bonds is 2. The van der Waals surface area contributed by atoms with Crippen molar-refractivity contribution in [3.8, 4) is 0 Å². The van der Waals surface area contributed by atoms with Gasteiger partial charge in [0, 0.05) is 30.6 Å². The molecule has 2 rings (SSSR count). The monoisotopic (exact) mass is 309 g/mol. The van der Waals surface area contributed by atoms with Gasteiger partial charge in [-0.05, 0) is 34.5 Å². The highest BCUT2D eigenvalue weighted by atomic mass is 79.9. The van der Waals surface area contributed by atoms with Gasteiger partial charge >= 0.3 is 0 Å². The zero-order valence-electron chi connectivity index (χ0n) is 8.52. The molecule has 5 heteroatoms. The summed E-state index contributed by atoms with van der Waals surface area (Å²) in [7, 11) is 0. The van der Waals surface area contributed by atoms with Gasteiger partial charge in [-0.3, -0.25) is 4.90 Å². The fraction of sp³-hybridized carbons (Fsp3) is 0.455. The Hall–Kier alpha value is -0.190. The van der Waals surface area contributed by atoms with E-state index in [4.69, 9.17) is 11.6 Å². The number of alkyl halides is 1. The lowest BCUT2D eigenvalue weighted by Gasteiger charge is -2.16. The van der Waals surface area contributed by atoms with Crippen LogP contribution in [0.2, 0.25) is 0 Å². The standard InChI is InChI=1S/C11H11BrClF2N/c12-9-1-2-10(14)8(11(9)15)6-16-4-3-7(13)5-16/h1-2,7H,3-6H2. The summed E-state index contributed by atoms with van der Waals surface area (Å²) < 4.78 is 27.4. The average molecular weight is 311 g/mol. The molecule has 1 unspecified atom stereocenters. The van der Waals surface area contributed by atoms with Gasteiger partial charge in [-0.2, -0.15) is 0 Å². The quantitative estimate of drug-likeness (QED) is 0.596. The Labute approximate surface area is 107 Å². The predicted molar refractivity (Wildman–Crippen MR) is 63.6 cm³/mol. The summed E-state index contributed by atoms with van der Waals surface area (Å²) in [5.41, 5.74) is 0.111. The van der Waals surface area contributed by atoms with E-state index in [9.17, 15) is 8.78 Å². The molecule has 0 spiro atoms. The summed E-state index contributed by atoms with van der Waals surface area (Å²) in [4.78, 5) is 1.96. The van der Waals surface area contributed by atoms with Gasteiger partial charge in [0.2, 0.25) is 0 Å². The summed E-state index contributed by atoms with van der Waals surface area (Å²) >= 11 is 9.00. The van der Waals surface area contributed by atoms with E-state index in [1.165, 1.54) is 12.1 Å². The molecule has 1 saturated heterocycles. The van der Waals surface area contributed by atoms with Crippen LogP contribution in [0.4, 0.5) is 8.78 Å². The maximum atomic E-state index is 13.7. The number of hydrogen-bond acceptors (Lipinski definition) is 1. The first-order valence-electron chi connectivity index (χ1n) is 5.06. The van der Waals surface area contributed by atoms with Gasteiger partial charge in [0.15, 0.2) is 0 Å². The van der Waals surface area contributed by atoms with Gasteiger partial charge in [-0.15, -0.1) is 11.6 Å². The van der Waals surface area contributed by atoms with Crippen LogP contribution < -0.4 is 0 Å². The molecule has 88 valence electrons. The summed E-state index contributed by atoms with van der Waals surface area (Å²) in [5.74, 6) is -1.02. The molecule has 0 radical (unpaired) electrons. The third kappa shape index (κ3) is 2.55. The largest absolute Gasteiger partial charge is 0.297 e. The fourth-order valence-corrected chi connectivity index (χ4v) is 2.53. The number of nitrogens with zero attached hydrogens (tertiary/aromatic N) is 1. The van der Waals surface area contributed by atoms with E-state index in [0.717, 1.165) is 13.0 Å². The second-order valence-electron chi connectivity index (χ2n) is 3.94. The van der Waals surface area contributed by atoms with Crippen LogP contribution in [-0.2, 0) is 6.54 Å². The second-order valence-corrected chi connectivity index (χ2v) is 5.41. The van der Waals surface area contributed by atoms with Crippen molar-refractivity contribution >= 4 is 27.5 Å². The van der Waals surface area contributed by atoms with Crippen molar-refractivity contribution in [1.29, 1.82) is 0 Å². The maximum Gasteiger partial charge on any atom is 0.144 e. The molecular formula is C11H11BrClF2N. The molecule has 1 atom stereocenters. The Morgan fingerprint density at radius 3 is 2.81 bits per heavy atom.